The van der Waals surface area contributed by atoms with Crippen molar-refractivity contribution in [3.8, 4) is 17.0 Å². The summed E-state index contributed by atoms with van der Waals surface area (Å²) < 4.78 is 122. The molecule has 3 heterocycles. The zero-order valence-corrected chi connectivity index (χ0v) is 29.0. The fourth-order valence-corrected chi connectivity index (χ4v) is 6.16. The van der Waals surface area contributed by atoms with Gasteiger partial charge >= 0.3 is 12.4 Å². The highest BCUT2D eigenvalue weighted by molar-refractivity contribution is 6.24. The number of aliphatic hydroxyl groups is 3. The van der Waals surface area contributed by atoms with E-state index in [0.717, 1.165) is 23.2 Å². The van der Waals surface area contributed by atoms with Gasteiger partial charge in [-0.1, -0.05) is 6.07 Å². The number of carbonyl (C=O) groups is 2. The minimum atomic E-state index is -5.00. The van der Waals surface area contributed by atoms with Crippen molar-refractivity contribution >= 4 is 17.5 Å². The highest BCUT2D eigenvalue weighted by atomic mass is 19.4. The molecule has 5 rings (SSSR count). The van der Waals surface area contributed by atoms with Crippen LogP contribution in [0.2, 0.25) is 0 Å². The summed E-state index contributed by atoms with van der Waals surface area (Å²) in [7, 11) is 0. The van der Waals surface area contributed by atoms with Gasteiger partial charge in [0.15, 0.2) is 11.6 Å². The molecule has 4 N–H and O–H groups in total. The molecular formula is C35H35F8N5O7. The van der Waals surface area contributed by atoms with E-state index in [2.05, 4.69) is 15.3 Å². The fraction of sp³-hybridized carbons (Fsp3) is 0.429. The summed E-state index contributed by atoms with van der Waals surface area (Å²) >= 11 is 0. The molecule has 20 heteroatoms. The Morgan fingerprint density at radius 3 is 2.44 bits per heavy atom. The molecule has 2 amide bonds. The highest BCUT2D eigenvalue weighted by Crippen LogP contribution is 2.43. The standard InChI is InChI=1S/C35H35F8N5O7/c1-33-9-4-10-48(33)47(15-19-5-8-25(29(37)28(19)36)55-12-3-2-11-54-17-21(50)16-49)32(53)27(30(33)51)31(52)46-23-7-6-20(34(38,39)40)13-22(23)24-14-26(35(41,42)43)45-18-44-24/h5-8,13-14,18,21,49-51H,2-4,9-12,15-17H2,1H3,(H,46,52)/t21?,33-/m1/s1. The van der Waals surface area contributed by atoms with Crippen molar-refractivity contribution in [3.05, 3.63) is 82.5 Å². The Labute approximate surface area is 308 Å². The molecule has 0 spiro atoms. The van der Waals surface area contributed by atoms with Gasteiger partial charge in [0.1, 0.15) is 29.5 Å². The number of fused-ring (bicyclic) bond motifs is 1. The summed E-state index contributed by atoms with van der Waals surface area (Å²) in [6.45, 7) is 0.659. The lowest BCUT2D eigenvalue weighted by Crippen LogP contribution is -2.60. The van der Waals surface area contributed by atoms with Gasteiger partial charge in [0.2, 0.25) is 5.82 Å². The van der Waals surface area contributed by atoms with Crippen molar-refractivity contribution in [2.45, 2.75) is 63.1 Å². The number of aromatic nitrogens is 2. The van der Waals surface area contributed by atoms with Crippen LogP contribution >= 0.6 is 0 Å². The first kappa shape index (κ1) is 41.2. The second-order valence-electron chi connectivity index (χ2n) is 12.9. The summed E-state index contributed by atoms with van der Waals surface area (Å²) in [5, 5.41) is 33.9. The molecule has 2 atom stereocenters. The predicted molar refractivity (Wildman–Crippen MR) is 176 cm³/mol. The third kappa shape index (κ3) is 8.98. The maximum atomic E-state index is 15.4. The number of nitrogens with one attached hydrogen (secondary N) is 1. The minimum absolute atomic E-state index is 0.0255. The lowest BCUT2D eigenvalue weighted by molar-refractivity contribution is -0.160. The third-order valence-electron chi connectivity index (χ3n) is 9.05. The van der Waals surface area contributed by atoms with E-state index < -0.39 is 106 Å². The number of anilines is 1. The van der Waals surface area contributed by atoms with Crippen LogP contribution in [0.5, 0.6) is 5.75 Å². The Balaban J connectivity index is 1.39. The summed E-state index contributed by atoms with van der Waals surface area (Å²) in [5.41, 5.74) is -7.19. The van der Waals surface area contributed by atoms with Crippen LogP contribution < -0.4 is 10.1 Å². The number of amides is 2. The number of aliphatic hydroxyl groups excluding tert-OH is 3. The topological polar surface area (TPSA) is 158 Å². The van der Waals surface area contributed by atoms with Gasteiger partial charge < -0.3 is 30.1 Å². The molecule has 2 aromatic carbocycles. The number of benzene rings is 2. The summed E-state index contributed by atoms with van der Waals surface area (Å²) in [6, 6.07) is 4.42. The van der Waals surface area contributed by atoms with E-state index in [9.17, 15) is 46.1 Å². The Morgan fingerprint density at radius 1 is 1.02 bits per heavy atom. The van der Waals surface area contributed by atoms with E-state index in [4.69, 9.17) is 14.6 Å². The number of rotatable bonds is 14. The van der Waals surface area contributed by atoms with Gasteiger partial charge in [-0.3, -0.25) is 14.6 Å². The van der Waals surface area contributed by atoms with Gasteiger partial charge in [-0.05, 0) is 62.9 Å². The van der Waals surface area contributed by atoms with Crippen LogP contribution in [0, 0.1) is 11.6 Å². The van der Waals surface area contributed by atoms with Gasteiger partial charge in [-0.15, -0.1) is 0 Å². The first-order chi connectivity index (χ1) is 25.9. The van der Waals surface area contributed by atoms with Gasteiger partial charge in [-0.2, -0.15) is 30.7 Å². The quantitative estimate of drug-likeness (QED) is 0.0928. The van der Waals surface area contributed by atoms with Crippen LogP contribution in [0.25, 0.3) is 11.3 Å². The second kappa shape index (κ2) is 16.4. The second-order valence-corrected chi connectivity index (χ2v) is 12.9. The number of nitrogens with zero attached hydrogens (tertiary/aromatic N) is 4. The smallest absolute Gasteiger partial charge is 0.433 e. The first-order valence-corrected chi connectivity index (χ1v) is 16.8. The molecule has 12 nitrogen and oxygen atoms in total. The highest BCUT2D eigenvalue weighted by Gasteiger charge is 2.53. The molecule has 0 saturated carbocycles. The summed E-state index contributed by atoms with van der Waals surface area (Å²) in [6.07, 6.45) is -9.12. The lowest BCUT2D eigenvalue weighted by atomic mass is 9.90. The molecule has 2 aliphatic heterocycles. The molecule has 298 valence electrons. The summed E-state index contributed by atoms with van der Waals surface area (Å²) in [5.74, 6) is -6.41. The Bertz CT molecular complexity index is 1940. The van der Waals surface area contributed by atoms with E-state index in [1.807, 2.05) is 0 Å². The van der Waals surface area contributed by atoms with Crippen molar-refractivity contribution in [2.24, 2.45) is 0 Å². The molecule has 0 bridgehead atoms. The molecule has 1 saturated heterocycles. The predicted octanol–water partition coefficient (Wildman–Crippen LogP) is 5.55. The Morgan fingerprint density at radius 2 is 1.75 bits per heavy atom. The van der Waals surface area contributed by atoms with Crippen LogP contribution in [0.1, 0.15) is 49.4 Å². The van der Waals surface area contributed by atoms with E-state index in [1.54, 1.807) is 0 Å². The summed E-state index contributed by atoms with van der Waals surface area (Å²) in [4.78, 5) is 34.5. The van der Waals surface area contributed by atoms with Crippen LogP contribution in [-0.4, -0.2) is 91.7 Å². The van der Waals surface area contributed by atoms with Crippen molar-refractivity contribution in [1.29, 1.82) is 0 Å². The number of carbonyl (C=O) groups excluding carboxylic acids is 2. The SMILES string of the molecule is C[C@]12CCCN1N(Cc1ccc(OCCCCOCC(O)CO)c(F)c1F)C(=O)C(C(=O)Nc1ccc(C(F)(F)F)cc1-c1cc(C(F)(F)F)ncn1)=C2O. The average molecular weight is 790 g/mol. The van der Waals surface area contributed by atoms with Crippen molar-refractivity contribution in [1.82, 2.24) is 20.0 Å². The number of ether oxygens (including phenoxy) is 2. The van der Waals surface area contributed by atoms with Gasteiger partial charge in [0, 0.05) is 24.3 Å². The Hall–Kier alpha value is -4.92. The number of unbranched alkanes of at least 4 members (excludes halogenated alkanes) is 1. The number of hydrogen-bond acceptors (Lipinski definition) is 10. The largest absolute Gasteiger partial charge is 0.509 e. The third-order valence-corrected chi connectivity index (χ3v) is 9.05. The Kier molecular flexibility index (Phi) is 12.3. The first-order valence-electron chi connectivity index (χ1n) is 16.8. The number of hydrazine groups is 1. The van der Waals surface area contributed by atoms with Gasteiger partial charge in [0.05, 0.1) is 48.8 Å². The number of halogens is 8. The zero-order chi connectivity index (χ0) is 40.3. The fourth-order valence-electron chi connectivity index (χ4n) is 6.16. The van der Waals surface area contributed by atoms with E-state index in [-0.39, 0.29) is 38.3 Å². The molecule has 3 aromatic rings. The van der Waals surface area contributed by atoms with Gasteiger partial charge in [0.25, 0.3) is 11.8 Å². The zero-order valence-electron chi connectivity index (χ0n) is 29.0. The molecule has 2 aliphatic rings. The van der Waals surface area contributed by atoms with Crippen molar-refractivity contribution in [3.63, 3.8) is 0 Å². The van der Waals surface area contributed by atoms with Crippen LogP contribution in [-0.2, 0) is 33.2 Å². The van der Waals surface area contributed by atoms with Crippen molar-refractivity contribution in [2.75, 3.05) is 38.3 Å². The maximum absolute atomic E-state index is 15.4. The molecule has 1 unspecified atom stereocenters. The number of hydrogen-bond donors (Lipinski definition) is 4. The monoisotopic (exact) mass is 789 g/mol. The van der Waals surface area contributed by atoms with E-state index >= 15 is 8.78 Å². The lowest BCUT2D eigenvalue weighted by Gasteiger charge is -2.46. The maximum Gasteiger partial charge on any atom is 0.433 e. The average Bonchev–Trinajstić information content (AvgIpc) is 3.54. The molecule has 55 heavy (non-hydrogen) atoms. The molecule has 1 aromatic heterocycles. The van der Waals surface area contributed by atoms with Crippen LogP contribution in [0.4, 0.5) is 40.8 Å². The van der Waals surface area contributed by atoms with E-state index in [1.165, 1.54) is 11.9 Å². The van der Waals surface area contributed by atoms with E-state index in [0.29, 0.717) is 43.8 Å². The molecule has 0 aliphatic carbocycles. The van der Waals surface area contributed by atoms with Gasteiger partial charge in [-0.25, -0.2) is 19.4 Å². The molecule has 1 fully saturated rings. The van der Waals surface area contributed by atoms with Crippen LogP contribution in [0.15, 0.2) is 54.1 Å². The number of alkyl halides is 6. The van der Waals surface area contributed by atoms with Crippen LogP contribution in [0.3, 0.4) is 0 Å². The minimum Gasteiger partial charge on any atom is -0.509 e. The van der Waals surface area contributed by atoms with Crippen molar-refractivity contribution < 1.29 is 69.5 Å². The molecular weight excluding hydrogens is 754 g/mol. The molecule has 0 radical (unpaired) electrons. The normalized spacial score (nSPS) is 18.5.